The van der Waals surface area contributed by atoms with E-state index in [1.54, 1.807) is 6.20 Å². The number of ether oxygens (including phenoxy) is 1. The minimum absolute atomic E-state index is 0.0693. The summed E-state index contributed by atoms with van der Waals surface area (Å²) in [7, 11) is 0. The van der Waals surface area contributed by atoms with Crippen LogP contribution in [0.25, 0.3) is 10.9 Å². The van der Waals surface area contributed by atoms with E-state index in [9.17, 15) is 9.59 Å². The highest BCUT2D eigenvalue weighted by molar-refractivity contribution is 5.80. The molecule has 5 heteroatoms. The van der Waals surface area contributed by atoms with E-state index in [1.165, 1.54) is 0 Å². The quantitative estimate of drug-likeness (QED) is 0.819. The molecule has 1 saturated carbocycles. The molecule has 1 heterocycles. The van der Waals surface area contributed by atoms with Crippen LogP contribution in [0.15, 0.2) is 36.5 Å². The highest BCUT2D eigenvalue weighted by atomic mass is 16.5. The summed E-state index contributed by atoms with van der Waals surface area (Å²) in [6, 6.07) is 9.46. The number of nitrogens with zero attached hydrogens (tertiary/aromatic N) is 1. The number of hydrogen-bond acceptors (Lipinski definition) is 4. The summed E-state index contributed by atoms with van der Waals surface area (Å²) in [5, 5.41) is 3.95. The molecule has 2 aromatic rings. The van der Waals surface area contributed by atoms with E-state index in [4.69, 9.17) is 4.74 Å². The van der Waals surface area contributed by atoms with Crippen molar-refractivity contribution in [1.29, 1.82) is 0 Å². The van der Waals surface area contributed by atoms with Crippen molar-refractivity contribution in [2.24, 2.45) is 5.92 Å². The second kappa shape index (κ2) is 8.10. The molecule has 132 valence electrons. The van der Waals surface area contributed by atoms with Gasteiger partial charge in [-0.15, -0.1) is 0 Å². The summed E-state index contributed by atoms with van der Waals surface area (Å²) >= 11 is 0. The molecule has 0 saturated heterocycles. The van der Waals surface area contributed by atoms with E-state index in [0.29, 0.717) is 0 Å². The number of nitrogens with one attached hydrogen (secondary N) is 1. The fraction of sp³-hybridized carbons (Fsp3) is 0.450. The second-order valence-corrected chi connectivity index (χ2v) is 6.79. The van der Waals surface area contributed by atoms with E-state index in [1.807, 2.05) is 37.3 Å². The van der Waals surface area contributed by atoms with E-state index >= 15 is 0 Å². The predicted molar refractivity (Wildman–Crippen MR) is 95.7 cm³/mol. The van der Waals surface area contributed by atoms with E-state index in [2.05, 4.69) is 10.3 Å². The molecule has 1 N–H and O–H groups in total. The zero-order valence-electron chi connectivity index (χ0n) is 14.5. The SMILES string of the molecule is C[C@H](CC(=O)OCc1ccc2ncccc2c1)NC(=O)C1CCCC1. The van der Waals surface area contributed by atoms with E-state index in [0.717, 1.165) is 42.1 Å². The standard InChI is InChI=1S/C20H24N2O3/c1-14(22-20(24)16-5-2-3-6-16)11-19(23)25-13-15-8-9-18-17(12-15)7-4-10-21-18/h4,7-10,12,14,16H,2-3,5-6,11,13H2,1H3,(H,22,24)/t14-/m1/s1. The van der Waals surface area contributed by atoms with Crippen molar-refractivity contribution >= 4 is 22.8 Å². The van der Waals surface area contributed by atoms with Crippen LogP contribution >= 0.6 is 0 Å². The monoisotopic (exact) mass is 340 g/mol. The molecule has 1 amide bonds. The fourth-order valence-electron chi connectivity index (χ4n) is 3.29. The van der Waals surface area contributed by atoms with Gasteiger partial charge in [0.25, 0.3) is 0 Å². The maximum Gasteiger partial charge on any atom is 0.308 e. The summed E-state index contributed by atoms with van der Waals surface area (Å²) in [5.41, 5.74) is 1.84. The first-order valence-corrected chi connectivity index (χ1v) is 8.91. The maximum absolute atomic E-state index is 12.1. The lowest BCUT2D eigenvalue weighted by Crippen LogP contribution is -2.37. The Balaban J connectivity index is 1.45. The smallest absolute Gasteiger partial charge is 0.308 e. The number of hydrogen-bond donors (Lipinski definition) is 1. The largest absolute Gasteiger partial charge is 0.461 e. The van der Waals surface area contributed by atoms with Gasteiger partial charge in [-0.3, -0.25) is 14.6 Å². The van der Waals surface area contributed by atoms with Crippen LogP contribution in [-0.4, -0.2) is 22.9 Å². The average molecular weight is 340 g/mol. The summed E-state index contributed by atoms with van der Waals surface area (Å²) in [6.45, 7) is 2.07. The van der Waals surface area contributed by atoms with Gasteiger partial charge >= 0.3 is 5.97 Å². The van der Waals surface area contributed by atoms with Gasteiger partial charge in [0.1, 0.15) is 6.61 Å². The van der Waals surface area contributed by atoms with Gasteiger partial charge in [-0.2, -0.15) is 0 Å². The third kappa shape index (κ3) is 4.78. The van der Waals surface area contributed by atoms with Gasteiger partial charge in [0.2, 0.25) is 5.91 Å². The maximum atomic E-state index is 12.1. The predicted octanol–water partition coefficient (Wildman–Crippen LogP) is 3.36. The van der Waals surface area contributed by atoms with Crippen LogP contribution in [0, 0.1) is 5.92 Å². The number of rotatable bonds is 6. The third-order valence-corrected chi connectivity index (χ3v) is 4.65. The minimum atomic E-state index is -0.300. The normalized spacial score (nSPS) is 15.9. The first-order chi connectivity index (χ1) is 12.1. The molecule has 0 aliphatic heterocycles. The van der Waals surface area contributed by atoms with Crippen molar-refractivity contribution in [2.45, 2.75) is 51.7 Å². The summed E-state index contributed by atoms with van der Waals surface area (Å²) in [4.78, 5) is 28.3. The van der Waals surface area contributed by atoms with Gasteiger partial charge in [0.05, 0.1) is 11.9 Å². The van der Waals surface area contributed by atoms with Crippen LogP contribution in [-0.2, 0) is 20.9 Å². The Kier molecular flexibility index (Phi) is 5.64. The fourth-order valence-corrected chi connectivity index (χ4v) is 3.29. The average Bonchev–Trinajstić information content (AvgIpc) is 3.14. The molecule has 0 bridgehead atoms. The van der Waals surface area contributed by atoms with Gasteiger partial charge in [-0.25, -0.2) is 0 Å². The molecule has 0 spiro atoms. The van der Waals surface area contributed by atoms with Crippen molar-refractivity contribution in [2.75, 3.05) is 0 Å². The zero-order chi connectivity index (χ0) is 17.6. The number of carbonyl (C=O) groups excluding carboxylic acids is 2. The Morgan fingerprint density at radius 3 is 2.88 bits per heavy atom. The van der Waals surface area contributed by atoms with Crippen LogP contribution in [0.4, 0.5) is 0 Å². The Hall–Kier alpha value is -2.43. The van der Waals surface area contributed by atoms with E-state index in [-0.39, 0.29) is 36.9 Å². The molecular weight excluding hydrogens is 316 g/mol. The number of pyridine rings is 1. The van der Waals surface area contributed by atoms with Crippen molar-refractivity contribution in [3.8, 4) is 0 Å². The van der Waals surface area contributed by atoms with E-state index < -0.39 is 0 Å². The molecular formula is C20H24N2O3. The van der Waals surface area contributed by atoms with Crippen molar-refractivity contribution in [1.82, 2.24) is 10.3 Å². The van der Waals surface area contributed by atoms with Gasteiger partial charge in [0, 0.05) is 23.5 Å². The van der Waals surface area contributed by atoms with Gasteiger partial charge in [-0.1, -0.05) is 25.0 Å². The first kappa shape index (κ1) is 17.4. The van der Waals surface area contributed by atoms with Crippen molar-refractivity contribution in [3.63, 3.8) is 0 Å². The lowest BCUT2D eigenvalue weighted by atomic mass is 10.1. The molecule has 1 atom stereocenters. The van der Waals surface area contributed by atoms with Crippen LogP contribution in [0.3, 0.4) is 0 Å². The van der Waals surface area contributed by atoms with Crippen LogP contribution in [0.1, 0.15) is 44.6 Å². The number of carbonyl (C=O) groups is 2. The lowest BCUT2D eigenvalue weighted by molar-refractivity contribution is -0.145. The number of fused-ring (bicyclic) bond motifs is 1. The molecule has 1 aliphatic rings. The molecule has 1 aromatic heterocycles. The molecule has 25 heavy (non-hydrogen) atoms. The molecule has 1 fully saturated rings. The van der Waals surface area contributed by atoms with Gasteiger partial charge in [-0.05, 0) is 43.5 Å². The van der Waals surface area contributed by atoms with Crippen LogP contribution < -0.4 is 5.32 Å². The Morgan fingerprint density at radius 1 is 1.28 bits per heavy atom. The van der Waals surface area contributed by atoms with Crippen LogP contribution in [0.2, 0.25) is 0 Å². The van der Waals surface area contributed by atoms with Gasteiger partial charge in [0.15, 0.2) is 0 Å². The number of amides is 1. The summed E-state index contributed by atoms with van der Waals surface area (Å²) < 4.78 is 5.34. The highest BCUT2D eigenvalue weighted by Crippen LogP contribution is 2.24. The Morgan fingerprint density at radius 2 is 2.08 bits per heavy atom. The minimum Gasteiger partial charge on any atom is -0.461 e. The number of esters is 1. The Bertz CT molecular complexity index is 753. The topological polar surface area (TPSA) is 68.3 Å². The number of aromatic nitrogens is 1. The Labute approximate surface area is 147 Å². The highest BCUT2D eigenvalue weighted by Gasteiger charge is 2.24. The first-order valence-electron chi connectivity index (χ1n) is 8.91. The summed E-state index contributed by atoms with van der Waals surface area (Å²) in [6.07, 6.45) is 6.10. The zero-order valence-corrected chi connectivity index (χ0v) is 14.5. The van der Waals surface area contributed by atoms with Crippen LogP contribution in [0.5, 0.6) is 0 Å². The summed E-state index contributed by atoms with van der Waals surface area (Å²) in [5.74, 6) is -0.116. The van der Waals surface area contributed by atoms with Gasteiger partial charge < -0.3 is 10.1 Å². The third-order valence-electron chi connectivity index (χ3n) is 4.65. The molecule has 1 aliphatic carbocycles. The van der Waals surface area contributed by atoms with Crippen molar-refractivity contribution in [3.05, 3.63) is 42.1 Å². The lowest BCUT2D eigenvalue weighted by Gasteiger charge is -2.16. The molecule has 5 nitrogen and oxygen atoms in total. The molecule has 0 radical (unpaired) electrons. The molecule has 0 unspecified atom stereocenters. The number of benzene rings is 1. The second-order valence-electron chi connectivity index (χ2n) is 6.79. The molecule has 1 aromatic carbocycles. The van der Waals surface area contributed by atoms with Crippen molar-refractivity contribution < 1.29 is 14.3 Å². The molecule has 3 rings (SSSR count).